The minimum Gasteiger partial charge on any atom is -0.336 e. The third kappa shape index (κ3) is 5.09. The Bertz CT molecular complexity index is 713. The van der Waals surface area contributed by atoms with Gasteiger partial charge in [0.05, 0.1) is 11.6 Å². The first kappa shape index (κ1) is 19.4. The van der Waals surface area contributed by atoms with Crippen LogP contribution < -0.4 is 10.6 Å². The maximum absolute atomic E-state index is 12.2. The van der Waals surface area contributed by atoms with Crippen LogP contribution in [-0.4, -0.2) is 61.6 Å². The Morgan fingerprint density at radius 3 is 3.07 bits per heavy atom. The van der Waals surface area contributed by atoms with Crippen molar-refractivity contribution in [3.63, 3.8) is 0 Å². The van der Waals surface area contributed by atoms with Crippen molar-refractivity contribution in [2.75, 3.05) is 45.1 Å². The minimum atomic E-state index is -0.213. The molecule has 3 saturated heterocycles. The molecule has 4 rings (SSSR count). The number of nitriles is 1. The molecular formula is C21H29N5O. The van der Waals surface area contributed by atoms with Gasteiger partial charge >= 0.3 is 6.03 Å². The molecule has 4 unspecified atom stereocenters. The van der Waals surface area contributed by atoms with Crippen LogP contribution in [0.3, 0.4) is 0 Å². The van der Waals surface area contributed by atoms with Crippen LogP contribution in [0.25, 0.3) is 0 Å². The summed E-state index contributed by atoms with van der Waals surface area (Å²) >= 11 is 0. The number of carbonyl (C=O) groups is 1. The third-order valence-electron chi connectivity index (χ3n) is 5.75. The Labute approximate surface area is 161 Å². The van der Waals surface area contributed by atoms with Gasteiger partial charge in [-0.05, 0) is 56.5 Å². The van der Waals surface area contributed by atoms with Crippen molar-refractivity contribution >= 4 is 11.7 Å². The zero-order chi connectivity index (χ0) is 19.2. The van der Waals surface area contributed by atoms with Crippen molar-refractivity contribution in [2.45, 2.75) is 18.9 Å². The van der Waals surface area contributed by atoms with E-state index in [-0.39, 0.29) is 6.03 Å². The normalized spacial score (nSPS) is 26.4. The van der Waals surface area contributed by atoms with E-state index in [1.807, 2.05) is 6.08 Å². The van der Waals surface area contributed by atoms with Crippen LogP contribution in [0.5, 0.6) is 0 Å². The molecule has 0 spiro atoms. The number of benzene rings is 1. The molecular weight excluding hydrogens is 338 g/mol. The molecule has 6 nitrogen and oxygen atoms in total. The van der Waals surface area contributed by atoms with E-state index in [0.717, 1.165) is 38.5 Å². The van der Waals surface area contributed by atoms with Gasteiger partial charge in [-0.25, -0.2) is 4.79 Å². The van der Waals surface area contributed by atoms with Crippen molar-refractivity contribution in [1.29, 1.82) is 5.26 Å². The lowest BCUT2D eigenvalue weighted by Crippen LogP contribution is -2.58. The van der Waals surface area contributed by atoms with Gasteiger partial charge in [0.2, 0.25) is 0 Å². The number of rotatable bonds is 7. The number of hydrogen-bond donors (Lipinski definition) is 2. The van der Waals surface area contributed by atoms with Crippen molar-refractivity contribution in [3.8, 4) is 6.07 Å². The smallest absolute Gasteiger partial charge is 0.319 e. The summed E-state index contributed by atoms with van der Waals surface area (Å²) in [5.74, 6) is 1.45. The minimum absolute atomic E-state index is 0.213. The molecule has 0 aliphatic carbocycles. The highest BCUT2D eigenvalue weighted by Crippen LogP contribution is 2.36. The summed E-state index contributed by atoms with van der Waals surface area (Å²) in [5.41, 5.74) is 1.18. The molecule has 3 aliphatic heterocycles. The summed E-state index contributed by atoms with van der Waals surface area (Å²) in [7, 11) is 2.16. The van der Waals surface area contributed by atoms with Crippen LogP contribution in [0.2, 0.25) is 0 Å². The molecule has 4 atom stereocenters. The summed E-state index contributed by atoms with van der Waals surface area (Å²) in [6.07, 6.45) is 4.37. The first-order valence-corrected chi connectivity index (χ1v) is 9.67. The number of piperidine rings is 3. The van der Waals surface area contributed by atoms with Crippen LogP contribution >= 0.6 is 0 Å². The standard InChI is InChI=1S/C21H29N5O/c1-3-8-25(2)14-18-15-26-9-7-17(18)11-20(26)13-23-21(27)24-19-6-4-5-16(10-19)12-22/h3-6,10,17-18,20H,1,7-9,11,13-15H2,2H3,(H2,23,24,27). The van der Waals surface area contributed by atoms with E-state index < -0.39 is 0 Å². The molecule has 2 amide bonds. The van der Waals surface area contributed by atoms with E-state index in [1.165, 1.54) is 6.42 Å². The van der Waals surface area contributed by atoms with Crippen LogP contribution in [0.1, 0.15) is 18.4 Å². The maximum Gasteiger partial charge on any atom is 0.319 e. The quantitative estimate of drug-likeness (QED) is 0.727. The first-order valence-electron chi connectivity index (χ1n) is 9.67. The number of nitrogens with zero attached hydrogens (tertiary/aromatic N) is 3. The van der Waals surface area contributed by atoms with Gasteiger partial charge in [-0.15, -0.1) is 6.58 Å². The predicted octanol–water partition coefficient (Wildman–Crippen LogP) is 2.51. The van der Waals surface area contributed by atoms with Gasteiger partial charge in [-0.1, -0.05) is 12.1 Å². The van der Waals surface area contributed by atoms with Gasteiger partial charge in [0.1, 0.15) is 0 Å². The van der Waals surface area contributed by atoms with Crippen LogP contribution in [0.15, 0.2) is 36.9 Å². The Balaban J connectivity index is 1.46. The predicted molar refractivity (Wildman–Crippen MR) is 107 cm³/mol. The Kier molecular flexibility index (Phi) is 6.49. The van der Waals surface area contributed by atoms with E-state index >= 15 is 0 Å². The van der Waals surface area contributed by atoms with Gasteiger partial charge in [-0.2, -0.15) is 5.26 Å². The second kappa shape index (κ2) is 9.03. The number of carbonyl (C=O) groups excluding carboxylic acids is 1. The molecule has 6 heteroatoms. The molecule has 0 aromatic heterocycles. The van der Waals surface area contributed by atoms with Gasteiger partial charge in [-0.3, -0.25) is 4.90 Å². The average Bonchev–Trinajstić information content (AvgIpc) is 2.67. The summed E-state index contributed by atoms with van der Waals surface area (Å²) in [6, 6.07) is 9.24. The fourth-order valence-electron chi connectivity index (χ4n) is 4.42. The van der Waals surface area contributed by atoms with E-state index in [2.05, 4.69) is 40.1 Å². The van der Waals surface area contributed by atoms with Crippen LogP contribution in [-0.2, 0) is 0 Å². The van der Waals surface area contributed by atoms with Crippen LogP contribution in [0.4, 0.5) is 10.5 Å². The molecule has 0 radical (unpaired) electrons. The second-order valence-electron chi connectivity index (χ2n) is 7.73. The lowest BCUT2D eigenvalue weighted by Gasteiger charge is -2.50. The van der Waals surface area contributed by atoms with Gasteiger partial charge < -0.3 is 15.5 Å². The van der Waals surface area contributed by atoms with Gasteiger partial charge in [0.25, 0.3) is 0 Å². The number of likely N-dealkylation sites (N-methyl/N-ethyl adjacent to an activating group) is 1. The molecule has 2 N–H and O–H groups in total. The highest BCUT2D eigenvalue weighted by Gasteiger charge is 2.40. The second-order valence-corrected chi connectivity index (χ2v) is 7.73. The molecule has 1 aromatic carbocycles. The monoisotopic (exact) mass is 367 g/mol. The van der Waals surface area contributed by atoms with Crippen molar-refractivity contribution in [2.24, 2.45) is 11.8 Å². The molecule has 144 valence electrons. The molecule has 1 aromatic rings. The summed E-state index contributed by atoms with van der Waals surface area (Å²) in [5, 5.41) is 14.8. The summed E-state index contributed by atoms with van der Waals surface area (Å²) in [4.78, 5) is 17.1. The fourth-order valence-corrected chi connectivity index (χ4v) is 4.42. The number of amides is 2. The molecule has 3 aliphatic rings. The Morgan fingerprint density at radius 1 is 1.52 bits per heavy atom. The number of anilines is 1. The largest absolute Gasteiger partial charge is 0.336 e. The summed E-state index contributed by atoms with van der Waals surface area (Å²) < 4.78 is 0. The van der Waals surface area contributed by atoms with Gasteiger partial charge in [0.15, 0.2) is 0 Å². The van der Waals surface area contributed by atoms with E-state index in [1.54, 1.807) is 24.3 Å². The Hall–Kier alpha value is -2.36. The Morgan fingerprint density at radius 2 is 2.37 bits per heavy atom. The highest BCUT2D eigenvalue weighted by atomic mass is 16.2. The number of hydrogen-bond acceptors (Lipinski definition) is 4. The lowest BCUT2D eigenvalue weighted by molar-refractivity contribution is -0.00709. The summed E-state index contributed by atoms with van der Waals surface area (Å²) in [6.45, 7) is 8.77. The number of nitrogens with one attached hydrogen (secondary N) is 2. The molecule has 2 bridgehead atoms. The van der Waals surface area contributed by atoms with Crippen molar-refractivity contribution < 1.29 is 4.79 Å². The SMILES string of the molecule is C=CCN(C)CC1CN2CCC1CC2CNC(=O)Nc1cccc(C#N)c1. The highest BCUT2D eigenvalue weighted by molar-refractivity contribution is 5.89. The topological polar surface area (TPSA) is 71.4 Å². The van der Waals surface area contributed by atoms with E-state index in [9.17, 15) is 4.79 Å². The third-order valence-corrected chi connectivity index (χ3v) is 5.75. The van der Waals surface area contributed by atoms with E-state index in [4.69, 9.17) is 5.26 Å². The molecule has 27 heavy (non-hydrogen) atoms. The maximum atomic E-state index is 12.2. The van der Waals surface area contributed by atoms with Crippen molar-refractivity contribution in [1.82, 2.24) is 15.1 Å². The zero-order valence-corrected chi connectivity index (χ0v) is 16.0. The zero-order valence-electron chi connectivity index (χ0n) is 16.0. The average molecular weight is 367 g/mol. The van der Waals surface area contributed by atoms with E-state index in [0.29, 0.717) is 29.8 Å². The number of urea groups is 1. The fraction of sp³-hybridized carbons (Fsp3) is 0.524. The van der Waals surface area contributed by atoms with Crippen LogP contribution in [0, 0.1) is 23.2 Å². The lowest BCUT2D eigenvalue weighted by atomic mass is 9.75. The molecule has 3 heterocycles. The van der Waals surface area contributed by atoms with Crippen molar-refractivity contribution in [3.05, 3.63) is 42.5 Å². The first-order chi connectivity index (χ1) is 13.1. The molecule has 0 saturated carbocycles. The molecule has 3 fully saturated rings. The van der Waals surface area contributed by atoms with Gasteiger partial charge in [0, 0.05) is 37.9 Å². The number of fused-ring (bicyclic) bond motifs is 3.